The third-order valence-electron chi connectivity index (χ3n) is 3.38. The summed E-state index contributed by atoms with van der Waals surface area (Å²) in [5.41, 5.74) is 0. The van der Waals surface area contributed by atoms with E-state index in [-0.39, 0.29) is 5.75 Å². The molecule has 1 aliphatic rings. The molecule has 1 aliphatic heterocycles. The van der Waals surface area contributed by atoms with Gasteiger partial charge in [0, 0.05) is 36.4 Å². The van der Waals surface area contributed by atoms with Gasteiger partial charge in [-0.1, -0.05) is 6.92 Å². The topological polar surface area (TPSA) is 75.2 Å². The summed E-state index contributed by atoms with van der Waals surface area (Å²) in [5, 5.41) is 2.67. The molecule has 0 radical (unpaired) electrons. The fourth-order valence-corrected chi connectivity index (χ4v) is 5.28. The predicted molar refractivity (Wildman–Crippen MR) is 88.9 cm³/mol. The molecule has 0 aromatic carbocycles. The van der Waals surface area contributed by atoms with Crippen LogP contribution in [0.3, 0.4) is 0 Å². The Hall–Kier alpha value is -1.02. The summed E-state index contributed by atoms with van der Waals surface area (Å²) in [6.45, 7) is 6.98. The number of hydrogen-bond acceptors (Lipinski definition) is 7. The van der Waals surface area contributed by atoms with E-state index >= 15 is 0 Å². The van der Waals surface area contributed by atoms with Gasteiger partial charge in [0.25, 0.3) is 0 Å². The minimum Gasteiger partial charge on any atom is -0.370 e. The molecule has 0 bridgehead atoms. The summed E-state index contributed by atoms with van der Waals surface area (Å²) in [6, 6.07) is 1.84. The highest BCUT2D eigenvalue weighted by atomic mass is 32.2. The summed E-state index contributed by atoms with van der Waals surface area (Å²) in [7, 11) is -3.13. The van der Waals surface area contributed by atoms with Gasteiger partial charge < -0.3 is 10.2 Å². The van der Waals surface area contributed by atoms with Gasteiger partial charge in [0.1, 0.15) is 22.8 Å². The van der Waals surface area contributed by atoms with Crippen LogP contribution >= 0.6 is 11.8 Å². The molecule has 21 heavy (non-hydrogen) atoms. The lowest BCUT2D eigenvalue weighted by molar-refractivity contribution is 0.578. The van der Waals surface area contributed by atoms with Crippen LogP contribution in [0.4, 0.5) is 11.6 Å². The van der Waals surface area contributed by atoms with Crippen LogP contribution in [0, 0.1) is 6.92 Å². The highest BCUT2D eigenvalue weighted by Crippen LogP contribution is 2.27. The molecule has 1 atom stereocenters. The smallest absolute Gasteiger partial charge is 0.171 e. The van der Waals surface area contributed by atoms with Gasteiger partial charge in [0.05, 0.1) is 0 Å². The summed E-state index contributed by atoms with van der Waals surface area (Å²) in [4.78, 5) is 10.7. The maximum atomic E-state index is 12.3. The first-order valence-electron chi connectivity index (χ1n) is 7.13. The third kappa shape index (κ3) is 3.79. The van der Waals surface area contributed by atoms with Crippen molar-refractivity contribution in [1.29, 1.82) is 0 Å². The lowest BCUT2D eigenvalue weighted by Gasteiger charge is -2.35. The molecule has 0 aliphatic carbocycles. The number of nitrogens with zero attached hydrogens (tertiary/aromatic N) is 3. The number of sulfone groups is 1. The van der Waals surface area contributed by atoms with E-state index in [1.807, 2.05) is 24.8 Å². The van der Waals surface area contributed by atoms with Crippen molar-refractivity contribution >= 4 is 33.2 Å². The van der Waals surface area contributed by atoms with Gasteiger partial charge in [-0.2, -0.15) is 11.8 Å². The monoisotopic (exact) mass is 330 g/mol. The van der Waals surface area contributed by atoms with Crippen molar-refractivity contribution in [3.63, 3.8) is 0 Å². The number of nitrogens with one attached hydrogen (secondary N) is 1. The molecule has 2 rings (SSSR count). The van der Waals surface area contributed by atoms with E-state index < -0.39 is 15.2 Å². The van der Waals surface area contributed by atoms with Crippen molar-refractivity contribution < 1.29 is 8.42 Å². The second-order valence-electron chi connectivity index (χ2n) is 4.86. The van der Waals surface area contributed by atoms with Crippen molar-refractivity contribution in [2.45, 2.75) is 26.1 Å². The number of anilines is 2. The first kappa shape index (κ1) is 16.4. The quantitative estimate of drug-likeness (QED) is 0.877. The Balaban J connectivity index is 2.37. The average Bonchev–Trinajstić information content (AvgIpc) is 2.47. The van der Waals surface area contributed by atoms with E-state index in [4.69, 9.17) is 0 Å². The van der Waals surface area contributed by atoms with Crippen LogP contribution in [0.25, 0.3) is 0 Å². The molecule has 0 amide bonds. The van der Waals surface area contributed by atoms with Crippen LogP contribution in [0.2, 0.25) is 0 Å². The van der Waals surface area contributed by atoms with Gasteiger partial charge >= 0.3 is 0 Å². The van der Waals surface area contributed by atoms with Crippen molar-refractivity contribution in [2.75, 3.05) is 40.6 Å². The van der Waals surface area contributed by atoms with E-state index in [0.29, 0.717) is 23.9 Å². The van der Waals surface area contributed by atoms with Crippen molar-refractivity contribution in [3.05, 3.63) is 11.9 Å². The zero-order valence-electron chi connectivity index (χ0n) is 12.7. The largest absolute Gasteiger partial charge is 0.370 e. The van der Waals surface area contributed by atoms with E-state index in [2.05, 4.69) is 15.3 Å². The molecule has 1 fully saturated rings. The minimum absolute atomic E-state index is 0.152. The maximum Gasteiger partial charge on any atom is 0.171 e. The molecule has 1 aromatic rings. The van der Waals surface area contributed by atoms with E-state index in [9.17, 15) is 8.42 Å². The van der Waals surface area contributed by atoms with Gasteiger partial charge in [-0.3, -0.25) is 0 Å². The molecule has 118 valence electrons. The Labute approximate surface area is 130 Å². The van der Waals surface area contributed by atoms with Crippen LogP contribution in [-0.2, 0) is 9.84 Å². The van der Waals surface area contributed by atoms with Crippen molar-refractivity contribution in [3.8, 4) is 0 Å². The van der Waals surface area contributed by atoms with Crippen LogP contribution in [0.15, 0.2) is 6.07 Å². The van der Waals surface area contributed by atoms with Crippen LogP contribution < -0.4 is 10.2 Å². The number of rotatable bonds is 5. The summed E-state index contributed by atoms with van der Waals surface area (Å²) >= 11 is 1.68. The Morgan fingerprint density at radius 1 is 1.43 bits per heavy atom. The van der Waals surface area contributed by atoms with Crippen LogP contribution in [0.5, 0.6) is 0 Å². The van der Waals surface area contributed by atoms with Gasteiger partial charge in [0.15, 0.2) is 9.84 Å². The van der Waals surface area contributed by atoms with Crippen molar-refractivity contribution in [1.82, 2.24) is 9.97 Å². The minimum atomic E-state index is -3.13. The van der Waals surface area contributed by atoms with E-state index in [0.717, 1.165) is 18.1 Å². The summed E-state index contributed by atoms with van der Waals surface area (Å²) in [6.07, 6.45) is 0. The van der Waals surface area contributed by atoms with Gasteiger partial charge in [-0.25, -0.2) is 18.4 Å². The Morgan fingerprint density at radius 3 is 2.86 bits per heavy atom. The number of aromatic nitrogens is 2. The van der Waals surface area contributed by atoms with Crippen molar-refractivity contribution in [2.24, 2.45) is 0 Å². The van der Waals surface area contributed by atoms with Gasteiger partial charge in [-0.15, -0.1) is 0 Å². The molecule has 0 saturated carbocycles. The molecule has 8 heteroatoms. The SMILES string of the molecule is CCNc1cc(N2CCSCC2S(=O)(=O)CC)nc(C)n1. The first-order valence-corrected chi connectivity index (χ1v) is 10.0. The Morgan fingerprint density at radius 2 is 2.19 bits per heavy atom. The highest BCUT2D eigenvalue weighted by Gasteiger charge is 2.33. The number of hydrogen-bond donors (Lipinski definition) is 1. The molecular formula is C13H22N4O2S2. The average molecular weight is 330 g/mol. The normalized spacial score (nSPS) is 19.6. The maximum absolute atomic E-state index is 12.3. The molecule has 1 saturated heterocycles. The first-order chi connectivity index (χ1) is 9.97. The van der Waals surface area contributed by atoms with Crippen LogP contribution in [0.1, 0.15) is 19.7 Å². The van der Waals surface area contributed by atoms with E-state index in [1.165, 1.54) is 0 Å². The predicted octanol–water partition coefficient (Wildman–Crippen LogP) is 1.53. The Kier molecular flexibility index (Phi) is 5.32. The molecule has 0 spiro atoms. The van der Waals surface area contributed by atoms with E-state index in [1.54, 1.807) is 18.7 Å². The lowest BCUT2D eigenvalue weighted by atomic mass is 10.4. The standard InChI is InChI=1S/C13H22N4O2S2/c1-4-14-11-8-12(16-10(3)15-11)17-6-7-20-9-13(17)21(18,19)5-2/h8,13H,4-7,9H2,1-3H3,(H,14,15,16). The molecule has 1 unspecified atom stereocenters. The van der Waals surface area contributed by atoms with Gasteiger partial charge in [0.2, 0.25) is 0 Å². The van der Waals surface area contributed by atoms with Crippen LogP contribution in [-0.4, -0.2) is 54.1 Å². The fourth-order valence-electron chi connectivity index (χ4n) is 2.30. The number of aryl methyl sites for hydroxylation is 1. The highest BCUT2D eigenvalue weighted by molar-refractivity contribution is 8.01. The molecule has 2 heterocycles. The summed E-state index contributed by atoms with van der Waals surface area (Å²) < 4.78 is 24.6. The lowest BCUT2D eigenvalue weighted by Crippen LogP contribution is -2.48. The molecular weight excluding hydrogens is 308 g/mol. The molecule has 6 nitrogen and oxygen atoms in total. The summed E-state index contributed by atoms with van der Waals surface area (Å²) in [5.74, 6) is 3.74. The molecule has 1 N–H and O–H groups in total. The fraction of sp³-hybridized carbons (Fsp3) is 0.692. The zero-order valence-corrected chi connectivity index (χ0v) is 14.3. The Bertz CT molecular complexity index is 592. The third-order valence-corrected chi connectivity index (χ3v) is 6.67. The second-order valence-corrected chi connectivity index (χ2v) is 8.46. The second kappa shape index (κ2) is 6.83. The zero-order chi connectivity index (χ0) is 15.5. The molecule has 1 aromatic heterocycles. The number of thioether (sulfide) groups is 1. The van der Waals surface area contributed by atoms with Gasteiger partial charge in [-0.05, 0) is 13.8 Å².